The predicted molar refractivity (Wildman–Crippen MR) is 85.7 cm³/mol. The monoisotopic (exact) mass is 286 g/mol. The Morgan fingerprint density at radius 3 is 2.67 bits per heavy atom. The first-order valence-electron chi connectivity index (χ1n) is 6.98. The van der Waals surface area contributed by atoms with Crippen molar-refractivity contribution in [3.05, 3.63) is 54.1 Å². The van der Waals surface area contributed by atoms with Crippen LogP contribution >= 0.6 is 0 Å². The average molecular weight is 286 g/mol. The van der Waals surface area contributed by atoms with Crippen LogP contribution < -0.4 is 15.2 Å². The van der Waals surface area contributed by atoms with Gasteiger partial charge in [0.2, 0.25) is 0 Å². The predicted octanol–water partition coefficient (Wildman–Crippen LogP) is 2.79. The molecule has 112 valence electrons. The Kier molecular flexibility index (Phi) is 5.46. The van der Waals surface area contributed by atoms with E-state index in [0.717, 1.165) is 24.6 Å². The maximum Gasteiger partial charge on any atom is 0.142 e. The number of hydrogen-bond donors (Lipinski definition) is 1. The number of nitrogen functional groups attached to an aromatic ring is 1. The number of benzene rings is 2. The zero-order chi connectivity index (χ0) is 15.1. The summed E-state index contributed by atoms with van der Waals surface area (Å²) in [6.07, 6.45) is 0. The molecule has 0 saturated carbocycles. The van der Waals surface area contributed by atoms with Crippen LogP contribution in [0, 0.1) is 0 Å². The van der Waals surface area contributed by atoms with Gasteiger partial charge in [-0.25, -0.2) is 0 Å². The highest BCUT2D eigenvalue weighted by Gasteiger charge is 2.03. The number of likely N-dealkylation sites (N-methyl/N-ethyl adjacent to an activating group) is 1. The number of rotatable bonds is 7. The molecule has 2 N–H and O–H groups in total. The van der Waals surface area contributed by atoms with Crippen molar-refractivity contribution in [1.82, 2.24) is 4.90 Å². The van der Waals surface area contributed by atoms with Crippen LogP contribution in [0.25, 0.3) is 0 Å². The summed E-state index contributed by atoms with van der Waals surface area (Å²) in [6, 6.07) is 15.6. The smallest absolute Gasteiger partial charge is 0.142 e. The van der Waals surface area contributed by atoms with E-state index in [2.05, 4.69) is 18.0 Å². The fraction of sp³-hybridized carbons (Fsp3) is 0.294. The van der Waals surface area contributed by atoms with E-state index >= 15 is 0 Å². The SMILES string of the molecule is COc1cccc(CN(C)CCOc2ccccc2N)c1. The number of nitrogens with two attached hydrogens (primary N) is 1. The van der Waals surface area contributed by atoms with Gasteiger partial charge in [0.25, 0.3) is 0 Å². The van der Waals surface area contributed by atoms with E-state index in [-0.39, 0.29) is 0 Å². The van der Waals surface area contributed by atoms with E-state index < -0.39 is 0 Å². The highest BCUT2D eigenvalue weighted by Crippen LogP contribution is 2.19. The molecule has 2 aromatic carbocycles. The molecule has 0 saturated heterocycles. The highest BCUT2D eigenvalue weighted by atomic mass is 16.5. The molecule has 0 radical (unpaired) electrons. The molecule has 0 fully saturated rings. The molecule has 0 aliphatic carbocycles. The molecule has 4 heteroatoms. The van der Waals surface area contributed by atoms with Gasteiger partial charge >= 0.3 is 0 Å². The number of ether oxygens (including phenoxy) is 2. The van der Waals surface area contributed by atoms with Crippen LogP contribution in [0.2, 0.25) is 0 Å². The molecule has 2 rings (SSSR count). The Labute approximate surface area is 126 Å². The van der Waals surface area contributed by atoms with E-state index in [0.29, 0.717) is 12.3 Å². The Balaban J connectivity index is 1.79. The van der Waals surface area contributed by atoms with Crippen LogP contribution in [0.1, 0.15) is 5.56 Å². The van der Waals surface area contributed by atoms with Crippen LogP contribution in [0.5, 0.6) is 11.5 Å². The molecular formula is C17H22N2O2. The zero-order valence-electron chi connectivity index (χ0n) is 12.6. The molecular weight excluding hydrogens is 264 g/mol. The summed E-state index contributed by atoms with van der Waals surface area (Å²) in [7, 11) is 3.75. The lowest BCUT2D eigenvalue weighted by Gasteiger charge is -2.18. The van der Waals surface area contributed by atoms with Gasteiger partial charge in [0.1, 0.15) is 18.1 Å². The molecule has 0 unspecified atom stereocenters. The first-order chi connectivity index (χ1) is 10.2. The third-order valence-electron chi connectivity index (χ3n) is 3.24. The van der Waals surface area contributed by atoms with Crippen molar-refractivity contribution in [2.45, 2.75) is 6.54 Å². The first-order valence-corrected chi connectivity index (χ1v) is 6.98. The van der Waals surface area contributed by atoms with E-state index in [1.165, 1.54) is 5.56 Å². The van der Waals surface area contributed by atoms with Crippen LogP contribution in [0.4, 0.5) is 5.69 Å². The average Bonchev–Trinajstić information content (AvgIpc) is 2.49. The number of methoxy groups -OCH3 is 1. The fourth-order valence-electron chi connectivity index (χ4n) is 2.08. The van der Waals surface area contributed by atoms with E-state index in [1.54, 1.807) is 7.11 Å². The summed E-state index contributed by atoms with van der Waals surface area (Å²) in [4.78, 5) is 2.20. The summed E-state index contributed by atoms with van der Waals surface area (Å²) in [6.45, 7) is 2.28. The standard InChI is InChI=1S/C17H22N2O2/c1-19(13-14-6-5-7-15(12-14)20-2)10-11-21-17-9-4-3-8-16(17)18/h3-9,12H,10-11,13,18H2,1-2H3. The van der Waals surface area contributed by atoms with Crippen molar-refractivity contribution >= 4 is 5.69 Å². The second-order valence-corrected chi connectivity index (χ2v) is 4.98. The highest BCUT2D eigenvalue weighted by molar-refractivity contribution is 5.51. The van der Waals surface area contributed by atoms with Gasteiger partial charge in [-0.2, -0.15) is 0 Å². The molecule has 0 aliphatic heterocycles. The summed E-state index contributed by atoms with van der Waals surface area (Å²) in [5, 5.41) is 0. The molecule has 0 spiro atoms. The second-order valence-electron chi connectivity index (χ2n) is 4.98. The lowest BCUT2D eigenvalue weighted by molar-refractivity contribution is 0.233. The third kappa shape index (κ3) is 4.68. The number of hydrogen-bond acceptors (Lipinski definition) is 4. The lowest BCUT2D eigenvalue weighted by Crippen LogP contribution is -2.24. The van der Waals surface area contributed by atoms with E-state index in [4.69, 9.17) is 15.2 Å². The van der Waals surface area contributed by atoms with Gasteiger partial charge in [0.15, 0.2) is 0 Å². The first kappa shape index (κ1) is 15.2. The number of anilines is 1. The summed E-state index contributed by atoms with van der Waals surface area (Å²) < 4.78 is 10.9. The Hall–Kier alpha value is -2.20. The minimum absolute atomic E-state index is 0.606. The van der Waals surface area contributed by atoms with Gasteiger partial charge in [0, 0.05) is 13.1 Å². The maximum absolute atomic E-state index is 5.84. The Morgan fingerprint density at radius 2 is 1.90 bits per heavy atom. The van der Waals surface area contributed by atoms with Gasteiger partial charge in [-0.3, -0.25) is 4.90 Å². The lowest BCUT2D eigenvalue weighted by atomic mass is 10.2. The molecule has 0 aliphatic rings. The normalized spacial score (nSPS) is 10.6. The molecule has 4 nitrogen and oxygen atoms in total. The zero-order valence-corrected chi connectivity index (χ0v) is 12.6. The van der Waals surface area contributed by atoms with Crippen molar-refractivity contribution in [2.24, 2.45) is 0 Å². The Morgan fingerprint density at radius 1 is 1.10 bits per heavy atom. The van der Waals surface area contributed by atoms with Crippen molar-refractivity contribution in [2.75, 3.05) is 33.0 Å². The van der Waals surface area contributed by atoms with Crippen molar-refractivity contribution in [3.63, 3.8) is 0 Å². The van der Waals surface area contributed by atoms with Crippen LogP contribution in [0.3, 0.4) is 0 Å². The molecule has 0 atom stereocenters. The van der Waals surface area contributed by atoms with Gasteiger partial charge < -0.3 is 15.2 Å². The van der Waals surface area contributed by atoms with E-state index in [9.17, 15) is 0 Å². The van der Waals surface area contributed by atoms with Gasteiger partial charge in [0.05, 0.1) is 12.8 Å². The van der Waals surface area contributed by atoms with Crippen LogP contribution in [-0.2, 0) is 6.54 Å². The molecule has 0 bridgehead atoms. The van der Waals surface area contributed by atoms with Gasteiger partial charge in [-0.15, -0.1) is 0 Å². The van der Waals surface area contributed by atoms with Gasteiger partial charge in [-0.1, -0.05) is 24.3 Å². The topological polar surface area (TPSA) is 47.7 Å². The number of nitrogens with zero attached hydrogens (tertiary/aromatic N) is 1. The van der Waals surface area contributed by atoms with Crippen molar-refractivity contribution in [3.8, 4) is 11.5 Å². The summed E-state index contributed by atoms with van der Waals surface area (Å²) in [5.41, 5.74) is 7.73. The molecule has 2 aromatic rings. The molecule has 0 heterocycles. The van der Waals surface area contributed by atoms with Gasteiger partial charge in [-0.05, 0) is 36.9 Å². The summed E-state index contributed by atoms with van der Waals surface area (Å²) >= 11 is 0. The van der Waals surface area contributed by atoms with E-state index in [1.807, 2.05) is 42.5 Å². The van der Waals surface area contributed by atoms with Crippen LogP contribution in [-0.4, -0.2) is 32.2 Å². The minimum atomic E-state index is 0.606. The minimum Gasteiger partial charge on any atom is -0.497 e. The van der Waals surface area contributed by atoms with Crippen LogP contribution in [0.15, 0.2) is 48.5 Å². The second kappa shape index (κ2) is 7.55. The van der Waals surface area contributed by atoms with Crippen molar-refractivity contribution < 1.29 is 9.47 Å². The number of para-hydroxylation sites is 2. The molecule has 0 aromatic heterocycles. The Bertz CT molecular complexity index is 572. The van der Waals surface area contributed by atoms with Crippen molar-refractivity contribution in [1.29, 1.82) is 0 Å². The quantitative estimate of drug-likeness (QED) is 0.795. The maximum atomic E-state index is 5.84. The molecule has 0 amide bonds. The fourth-order valence-corrected chi connectivity index (χ4v) is 2.08. The largest absolute Gasteiger partial charge is 0.497 e. The summed E-state index contributed by atoms with van der Waals surface area (Å²) in [5.74, 6) is 1.63. The molecule has 21 heavy (non-hydrogen) atoms. The third-order valence-corrected chi connectivity index (χ3v) is 3.24.